The molecule has 0 bridgehead atoms. The van der Waals surface area contributed by atoms with Crippen molar-refractivity contribution >= 4 is 27.9 Å². The number of rotatable bonds is 2. The minimum atomic E-state index is -0.323. The largest absolute Gasteiger partial charge is 0.235 e. The van der Waals surface area contributed by atoms with Gasteiger partial charge in [-0.1, -0.05) is 53.3 Å². The molecule has 4 aromatic rings. The zero-order chi connectivity index (χ0) is 15.1. The van der Waals surface area contributed by atoms with Crippen molar-refractivity contribution in [2.45, 2.75) is 0 Å². The van der Waals surface area contributed by atoms with Crippen LogP contribution in [0.5, 0.6) is 0 Å². The number of halogens is 2. The first-order chi connectivity index (χ1) is 10.7. The van der Waals surface area contributed by atoms with Gasteiger partial charge in [0.25, 0.3) is 0 Å². The summed E-state index contributed by atoms with van der Waals surface area (Å²) >= 11 is 7.59. The van der Waals surface area contributed by atoms with Gasteiger partial charge in [-0.25, -0.2) is 4.39 Å². The van der Waals surface area contributed by atoms with Gasteiger partial charge in [-0.15, -0.1) is 10.2 Å². The number of hydrogen-bond donors (Lipinski definition) is 0. The zero-order valence-electron chi connectivity index (χ0n) is 11.1. The molecule has 108 valence electrons. The quantitative estimate of drug-likeness (QED) is 0.550. The van der Waals surface area contributed by atoms with E-state index in [0.717, 1.165) is 10.6 Å². The van der Waals surface area contributed by atoms with E-state index in [9.17, 15) is 4.39 Å². The number of aromatic nitrogens is 4. The monoisotopic (exact) mass is 330 g/mol. The summed E-state index contributed by atoms with van der Waals surface area (Å²) in [5.41, 5.74) is 1.47. The molecule has 7 heteroatoms. The fraction of sp³-hybridized carbons (Fsp3) is 0. The maximum absolute atomic E-state index is 13.4. The summed E-state index contributed by atoms with van der Waals surface area (Å²) in [6.07, 6.45) is 0. The molecule has 0 aliphatic carbocycles. The van der Waals surface area contributed by atoms with Crippen LogP contribution in [0.2, 0.25) is 5.02 Å². The number of fused-ring (bicyclic) bond motifs is 1. The summed E-state index contributed by atoms with van der Waals surface area (Å²) in [6.45, 7) is 0. The van der Waals surface area contributed by atoms with E-state index in [4.69, 9.17) is 11.6 Å². The molecule has 0 N–H and O–H groups in total. The first-order valence-electron chi connectivity index (χ1n) is 6.45. The van der Waals surface area contributed by atoms with Crippen molar-refractivity contribution in [3.05, 3.63) is 59.4 Å². The minimum absolute atomic E-state index is 0.323. The Hall–Kier alpha value is -2.31. The van der Waals surface area contributed by atoms with Crippen LogP contribution in [0, 0.1) is 5.82 Å². The van der Waals surface area contributed by atoms with E-state index in [0.29, 0.717) is 21.4 Å². The van der Waals surface area contributed by atoms with E-state index < -0.39 is 0 Å². The van der Waals surface area contributed by atoms with E-state index in [-0.39, 0.29) is 5.82 Å². The van der Waals surface area contributed by atoms with Crippen LogP contribution in [-0.4, -0.2) is 19.8 Å². The van der Waals surface area contributed by atoms with Gasteiger partial charge in [-0.05, 0) is 18.2 Å². The third kappa shape index (κ3) is 2.17. The van der Waals surface area contributed by atoms with Crippen LogP contribution in [0.4, 0.5) is 4.39 Å². The molecule has 0 aliphatic rings. The number of nitrogens with zero attached hydrogens (tertiary/aromatic N) is 4. The Balaban J connectivity index is 1.88. The van der Waals surface area contributed by atoms with Gasteiger partial charge in [0, 0.05) is 11.1 Å². The standard InChI is InChI=1S/C15H8ClFN4S/c16-12-7-2-1-6-11(12)14-20-21-13(18-19-15(21)22-14)9-4-3-5-10(17)8-9/h1-8H. The van der Waals surface area contributed by atoms with Crippen LogP contribution in [0.15, 0.2) is 48.5 Å². The lowest BCUT2D eigenvalue weighted by Crippen LogP contribution is -1.91. The second-order valence-corrected chi connectivity index (χ2v) is 5.98. The van der Waals surface area contributed by atoms with Crippen molar-refractivity contribution < 1.29 is 4.39 Å². The van der Waals surface area contributed by atoms with Crippen molar-refractivity contribution in [2.24, 2.45) is 0 Å². The number of benzene rings is 2. The maximum atomic E-state index is 13.4. The molecule has 0 saturated carbocycles. The van der Waals surface area contributed by atoms with Crippen LogP contribution in [0.25, 0.3) is 26.9 Å². The fourth-order valence-electron chi connectivity index (χ4n) is 2.17. The van der Waals surface area contributed by atoms with E-state index >= 15 is 0 Å². The SMILES string of the molecule is Fc1cccc(-c2nnc3sc(-c4ccccc4Cl)nn23)c1. The third-order valence-electron chi connectivity index (χ3n) is 3.18. The second-order valence-electron chi connectivity index (χ2n) is 4.62. The Bertz CT molecular complexity index is 979. The minimum Gasteiger partial charge on any atom is -0.207 e. The van der Waals surface area contributed by atoms with Gasteiger partial charge < -0.3 is 0 Å². The molecule has 0 aliphatic heterocycles. The van der Waals surface area contributed by atoms with Gasteiger partial charge in [-0.3, -0.25) is 0 Å². The highest BCUT2D eigenvalue weighted by Gasteiger charge is 2.15. The van der Waals surface area contributed by atoms with Crippen LogP contribution in [0.3, 0.4) is 0 Å². The van der Waals surface area contributed by atoms with Gasteiger partial charge in [0.1, 0.15) is 10.8 Å². The van der Waals surface area contributed by atoms with Crippen LogP contribution < -0.4 is 0 Å². The van der Waals surface area contributed by atoms with Gasteiger partial charge in [-0.2, -0.15) is 9.61 Å². The predicted octanol–water partition coefficient (Wildman–Crippen LogP) is 4.31. The highest BCUT2D eigenvalue weighted by atomic mass is 35.5. The Morgan fingerprint density at radius 2 is 1.91 bits per heavy atom. The molecule has 0 radical (unpaired) electrons. The molecular weight excluding hydrogens is 323 g/mol. The fourth-order valence-corrected chi connectivity index (χ4v) is 3.33. The molecular formula is C15H8ClFN4S. The Labute approximate surface area is 133 Å². The topological polar surface area (TPSA) is 43.1 Å². The van der Waals surface area contributed by atoms with Crippen molar-refractivity contribution in [2.75, 3.05) is 0 Å². The van der Waals surface area contributed by atoms with E-state index in [1.165, 1.54) is 23.5 Å². The summed E-state index contributed by atoms with van der Waals surface area (Å²) < 4.78 is 15.0. The van der Waals surface area contributed by atoms with E-state index in [1.807, 2.05) is 24.3 Å². The highest BCUT2D eigenvalue weighted by molar-refractivity contribution is 7.19. The Kier molecular flexibility index (Phi) is 3.13. The van der Waals surface area contributed by atoms with Gasteiger partial charge >= 0.3 is 0 Å². The molecule has 0 unspecified atom stereocenters. The lowest BCUT2D eigenvalue weighted by atomic mass is 10.2. The summed E-state index contributed by atoms with van der Waals surface area (Å²) in [7, 11) is 0. The van der Waals surface area contributed by atoms with Gasteiger partial charge in [0.05, 0.1) is 5.02 Å². The molecule has 0 spiro atoms. The van der Waals surface area contributed by atoms with Crippen molar-refractivity contribution in [3.8, 4) is 22.0 Å². The van der Waals surface area contributed by atoms with Crippen molar-refractivity contribution in [3.63, 3.8) is 0 Å². The molecule has 0 atom stereocenters. The summed E-state index contributed by atoms with van der Waals surface area (Å²) in [5, 5.41) is 14.1. The zero-order valence-corrected chi connectivity index (χ0v) is 12.6. The van der Waals surface area contributed by atoms with E-state index in [2.05, 4.69) is 15.3 Å². The van der Waals surface area contributed by atoms with Crippen LogP contribution in [-0.2, 0) is 0 Å². The summed E-state index contributed by atoms with van der Waals surface area (Å²) in [6, 6.07) is 13.7. The highest BCUT2D eigenvalue weighted by Crippen LogP contribution is 2.32. The summed E-state index contributed by atoms with van der Waals surface area (Å²) in [4.78, 5) is 0.634. The maximum Gasteiger partial charge on any atom is 0.235 e. The Morgan fingerprint density at radius 1 is 1.05 bits per heavy atom. The number of hydrogen-bond acceptors (Lipinski definition) is 4. The first-order valence-corrected chi connectivity index (χ1v) is 7.65. The average molecular weight is 331 g/mol. The molecule has 0 saturated heterocycles. The van der Waals surface area contributed by atoms with Crippen LogP contribution >= 0.6 is 22.9 Å². The lowest BCUT2D eigenvalue weighted by molar-refractivity contribution is 0.628. The molecule has 22 heavy (non-hydrogen) atoms. The predicted molar refractivity (Wildman–Crippen MR) is 84.5 cm³/mol. The molecule has 0 fully saturated rings. The first kappa shape index (κ1) is 13.4. The second kappa shape index (κ2) is 5.15. The van der Waals surface area contributed by atoms with E-state index in [1.54, 1.807) is 16.6 Å². The molecule has 4 nitrogen and oxygen atoms in total. The molecule has 4 rings (SSSR count). The van der Waals surface area contributed by atoms with Crippen molar-refractivity contribution in [1.82, 2.24) is 19.8 Å². The van der Waals surface area contributed by atoms with Crippen LogP contribution in [0.1, 0.15) is 0 Å². The molecule has 2 aromatic carbocycles. The van der Waals surface area contributed by atoms with Gasteiger partial charge in [0.15, 0.2) is 5.82 Å². The molecule has 0 amide bonds. The normalized spacial score (nSPS) is 11.2. The third-order valence-corrected chi connectivity index (χ3v) is 4.44. The Morgan fingerprint density at radius 3 is 2.73 bits per heavy atom. The van der Waals surface area contributed by atoms with Gasteiger partial charge in [0.2, 0.25) is 4.96 Å². The lowest BCUT2D eigenvalue weighted by Gasteiger charge is -1.98. The molecule has 2 heterocycles. The average Bonchev–Trinajstić information content (AvgIpc) is 3.07. The molecule has 2 aromatic heterocycles. The van der Waals surface area contributed by atoms with Crippen molar-refractivity contribution in [1.29, 1.82) is 0 Å². The summed E-state index contributed by atoms with van der Waals surface area (Å²) in [5.74, 6) is 0.180. The smallest absolute Gasteiger partial charge is 0.207 e.